The SMILES string of the molecule is COc1ccn2c(C=O)cnc2c1. The zero-order chi connectivity index (χ0) is 9.26. The van der Waals surface area contributed by atoms with Gasteiger partial charge in [0.2, 0.25) is 0 Å². The van der Waals surface area contributed by atoms with E-state index in [0.717, 1.165) is 12.0 Å². The van der Waals surface area contributed by atoms with E-state index in [-0.39, 0.29) is 0 Å². The average molecular weight is 176 g/mol. The van der Waals surface area contributed by atoms with Crippen LogP contribution in [0.3, 0.4) is 0 Å². The van der Waals surface area contributed by atoms with Crippen LogP contribution >= 0.6 is 0 Å². The molecule has 2 rings (SSSR count). The molecule has 4 heteroatoms. The van der Waals surface area contributed by atoms with Crippen molar-refractivity contribution in [2.45, 2.75) is 0 Å². The molecule has 0 aliphatic rings. The minimum atomic E-state index is 0.539. The van der Waals surface area contributed by atoms with E-state index in [1.807, 2.05) is 0 Å². The van der Waals surface area contributed by atoms with Crippen molar-refractivity contribution in [1.29, 1.82) is 0 Å². The Bertz CT molecular complexity index is 448. The maximum absolute atomic E-state index is 10.5. The molecule has 2 aromatic heterocycles. The minimum absolute atomic E-state index is 0.539. The van der Waals surface area contributed by atoms with Gasteiger partial charge in [0.15, 0.2) is 6.29 Å². The van der Waals surface area contributed by atoms with Gasteiger partial charge in [-0.1, -0.05) is 0 Å². The lowest BCUT2D eigenvalue weighted by atomic mass is 10.4. The molecule has 2 heterocycles. The summed E-state index contributed by atoms with van der Waals surface area (Å²) < 4.78 is 6.73. The summed E-state index contributed by atoms with van der Waals surface area (Å²) in [6, 6.07) is 3.55. The van der Waals surface area contributed by atoms with Gasteiger partial charge in [-0.3, -0.25) is 9.20 Å². The first-order valence-electron chi connectivity index (χ1n) is 3.81. The van der Waals surface area contributed by atoms with Crippen molar-refractivity contribution in [1.82, 2.24) is 9.38 Å². The van der Waals surface area contributed by atoms with Gasteiger partial charge in [-0.25, -0.2) is 4.98 Å². The van der Waals surface area contributed by atoms with E-state index in [4.69, 9.17) is 4.74 Å². The molecule has 0 N–H and O–H groups in total. The fourth-order valence-electron chi connectivity index (χ4n) is 1.20. The molecule has 0 saturated heterocycles. The molecule has 0 fully saturated rings. The Balaban J connectivity index is 2.67. The number of methoxy groups -OCH3 is 1. The normalized spacial score (nSPS) is 10.2. The highest BCUT2D eigenvalue weighted by molar-refractivity contribution is 5.74. The van der Waals surface area contributed by atoms with Gasteiger partial charge >= 0.3 is 0 Å². The zero-order valence-electron chi connectivity index (χ0n) is 7.10. The molecule has 0 radical (unpaired) electrons. The Labute approximate surface area is 74.8 Å². The molecule has 2 aromatic rings. The van der Waals surface area contributed by atoms with Gasteiger partial charge in [0.25, 0.3) is 0 Å². The Kier molecular flexibility index (Phi) is 1.73. The number of rotatable bonds is 2. The van der Waals surface area contributed by atoms with Crippen LogP contribution < -0.4 is 4.74 Å². The van der Waals surface area contributed by atoms with Crippen LogP contribution in [-0.2, 0) is 0 Å². The van der Waals surface area contributed by atoms with E-state index in [1.165, 1.54) is 6.20 Å². The molecular formula is C9H8N2O2. The monoisotopic (exact) mass is 176 g/mol. The second-order valence-corrected chi connectivity index (χ2v) is 2.60. The van der Waals surface area contributed by atoms with E-state index in [9.17, 15) is 4.79 Å². The first-order valence-corrected chi connectivity index (χ1v) is 3.81. The lowest BCUT2D eigenvalue weighted by Crippen LogP contribution is -1.91. The Morgan fingerprint density at radius 1 is 1.62 bits per heavy atom. The van der Waals surface area contributed by atoms with Crippen LogP contribution in [0.4, 0.5) is 0 Å². The van der Waals surface area contributed by atoms with Gasteiger partial charge in [-0.05, 0) is 6.07 Å². The Morgan fingerprint density at radius 3 is 3.15 bits per heavy atom. The molecule has 13 heavy (non-hydrogen) atoms. The number of carbonyl (C=O) groups excluding carboxylic acids is 1. The molecule has 0 unspecified atom stereocenters. The highest BCUT2D eigenvalue weighted by atomic mass is 16.5. The molecular weight excluding hydrogens is 168 g/mol. The number of hydrogen-bond acceptors (Lipinski definition) is 3. The highest BCUT2D eigenvalue weighted by Gasteiger charge is 2.01. The number of fused-ring (bicyclic) bond motifs is 1. The second kappa shape index (κ2) is 2.90. The molecule has 0 atom stereocenters. The average Bonchev–Trinajstić information content (AvgIpc) is 2.59. The van der Waals surface area contributed by atoms with Crippen LogP contribution in [-0.4, -0.2) is 22.8 Å². The molecule has 0 aromatic carbocycles. The van der Waals surface area contributed by atoms with Crippen molar-refractivity contribution in [3.8, 4) is 5.75 Å². The van der Waals surface area contributed by atoms with E-state index < -0.39 is 0 Å². The number of nitrogens with zero attached hydrogens (tertiary/aromatic N) is 2. The van der Waals surface area contributed by atoms with E-state index in [0.29, 0.717) is 11.3 Å². The van der Waals surface area contributed by atoms with Crippen molar-refractivity contribution in [2.75, 3.05) is 7.11 Å². The molecule has 0 spiro atoms. The maximum Gasteiger partial charge on any atom is 0.168 e. The van der Waals surface area contributed by atoms with Crippen molar-refractivity contribution in [2.24, 2.45) is 0 Å². The van der Waals surface area contributed by atoms with E-state index in [2.05, 4.69) is 4.98 Å². The smallest absolute Gasteiger partial charge is 0.168 e. The van der Waals surface area contributed by atoms with Gasteiger partial charge in [0.1, 0.15) is 17.1 Å². The predicted molar refractivity (Wildman–Crippen MR) is 47.1 cm³/mol. The van der Waals surface area contributed by atoms with Crippen LogP contribution in [0.5, 0.6) is 5.75 Å². The summed E-state index contributed by atoms with van der Waals surface area (Å²) in [5, 5.41) is 0. The molecule has 66 valence electrons. The largest absolute Gasteiger partial charge is 0.497 e. The quantitative estimate of drug-likeness (QED) is 0.645. The Hall–Kier alpha value is -1.84. The number of hydrogen-bond donors (Lipinski definition) is 0. The first kappa shape index (κ1) is 7.79. The summed E-state index contributed by atoms with van der Waals surface area (Å²) in [6.07, 6.45) is 4.05. The van der Waals surface area contributed by atoms with Crippen molar-refractivity contribution in [3.05, 3.63) is 30.2 Å². The topological polar surface area (TPSA) is 43.6 Å². The third-order valence-electron chi connectivity index (χ3n) is 1.87. The summed E-state index contributed by atoms with van der Waals surface area (Å²) >= 11 is 0. The van der Waals surface area contributed by atoms with Crippen LogP contribution in [0, 0.1) is 0 Å². The molecule has 0 aliphatic heterocycles. The summed E-state index contributed by atoms with van der Waals surface area (Å²) in [5.74, 6) is 0.732. The van der Waals surface area contributed by atoms with Crippen LogP contribution in [0.25, 0.3) is 5.65 Å². The summed E-state index contributed by atoms with van der Waals surface area (Å²) in [7, 11) is 1.59. The number of pyridine rings is 1. The van der Waals surface area contributed by atoms with Crippen LogP contribution in [0.2, 0.25) is 0 Å². The third kappa shape index (κ3) is 1.16. The van der Waals surface area contributed by atoms with Crippen molar-refractivity contribution >= 4 is 11.9 Å². The molecule has 0 amide bonds. The zero-order valence-corrected chi connectivity index (χ0v) is 7.10. The van der Waals surface area contributed by atoms with Crippen molar-refractivity contribution in [3.63, 3.8) is 0 Å². The number of imidazole rings is 1. The summed E-state index contributed by atoms with van der Waals surface area (Å²) in [6.45, 7) is 0. The lowest BCUT2D eigenvalue weighted by molar-refractivity contribution is 0.111. The maximum atomic E-state index is 10.5. The number of aldehydes is 1. The van der Waals surface area contributed by atoms with E-state index in [1.54, 1.807) is 29.8 Å². The molecule has 0 aliphatic carbocycles. The fraction of sp³-hybridized carbons (Fsp3) is 0.111. The van der Waals surface area contributed by atoms with Gasteiger partial charge in [-0.15, -0.1) is 0 Å². The number of aromatic nitrogens is 2. The summed E-state index contributed by atoms with van der Waals surface area (Å²) in [4.78, 5) is 14.6. The van der Waals surface area contributed by atoms with Gasteiger partial charge in [0, 0.05) is 12.3 Å². The lowest BCUT2D eigenvalue weighted by Gasteiger charge is -1.99. The fourth-order valence-corrected chi connectivity index (χ4v) is 1.20. The molecule has 0 bridgehead atoms. The van der Waals surface area contributed by atoms with Gasteiger partial charge < -0.3 is 4.74 Å². The number of ether oxygens (including phenoxy) is 1. The minimum Gasteiger partial charge on any atom is -0.497 e. The highest BCUT2D eigenvalue weighted by Crippen LogP contribution is 2.13. The Morgan fingerprint density at radius 2 is 2.46 bits per heavy atom. The number of carbonyl (C=O) groups is 1. The second-order valence-electron chi connectivity index (χ2n) is 2.60. The standard InChI is InChI=1S/C9H8N2O2/c1-13-8-2-3-11-7(6-12)5-10-9(11)4-8/h2-6H,1H3. The predicted octanol–water partition coefficient (Wildman–Crippen LogP) is 1.16. The van der Waals surface area contributed by atoms with E-state index >= 15 is 0 Å². The third-order valence-corrected chi connectivity index (χ3v) is 1.87. The van der Waals surface area contributed by atoms with Crippen molar-refractivity contribution < 1.29 is 9.53 Å². The summed E-state index contributed by atoms with van der Waals surface area (Å²) in [5.41, 5.74) is 1.25. The van der Waals surface area contributed by atoms with Gasteiger partial charge in [-0.2, -0.15) is 0 Å². The molecule has 4 nitrogen and oxygen atoms in total. The molecule has 0 saturated carbocycles. The van der Waals surface area contributed by atoms with Gasteiger partial charge in [0.05, 0.1) is 13.3 Å². The first-order chi connectivity index (χ1) is 6.35. The van der Waals surface area contributed by atoms with Crippen LogP contribution in [0.15, 0.2) is 24.5 Å². The van der Waals surface area contributed by atoms with Crippen LogP contribution in [0.1, 0.15) is 10.5 Å².